The molecule has 0 fully saturated rings. The maximum Gasteiger partial charge on any atom is 0.0490 e. The molecule has 0 bridgehead atoms. The van der Waals surface area contributed by atoms with E-state index in [1.807, 2.05) is 24.3 Å². The van der Waals surface area contributed by atoms with Crippen LogP contribution in [-0.2, 0) is 6.42 Å². The number of benzene rings is 1. The number of nitrogens with one attached hydrogen (secondary N) is 1. The Hall–Kier alpha value is -1.77. The highest BCUT2D eigenvalue weighted by molar-refractivity contribution is 5.41. The second-order valence-electron chi connectivity index (χ2n) is 3.00. The molecule has 66 valence electrons. The third-order valence-corrected chi connectivity index (χ3v) is 1.90. The zero-order valence-corrected chi connectivity index (χ0v) is 7.20. The fourth-order valence-corrected chi connectivity index (χ4v) is 1.31. The number of rotatable bonds is 2. The van der Waals surface area contributed by atoms with Crippen LogP contribution >= 0.6 is 0 Å². The molecule has 0 aliphatic rings. The summed E-state index contributed by atoms with van der Waals surface area (Å²) in [6.07, 6.45) is 2.60. The van der Waals surface area contributed by atoms with Crippen LogP contribution in [0.25, 0.3) is 0 Å². The average Bonchev–Trinajstić information content (AvgIpc) is 2.57. The number of nitrogens with zero attached hydrogens (tertiary/aromatic N) is 1. The van der Waals surface area contributed by atoms with Crippen molar-refractivity contribution in [3.05, 3.63) is 47.8 Å². The van der Waals surface area contributed by atoms with E-state index in [1.54, 1.807) is 6.20 Å². The minimum atomic E-state index is 0.803. The summed E-state index contributed by atoms with van der Waals surface area (Å²) in [7, 11) is 0. The molecular formula is C10H11N3. The molecule has 0 aliphatic carbocycles. The Morgan fingerprint density at radius 3 is 2.92 bits per heavy atom. The molecule has 2 rings (SSSR count). The van der Waals surface area contributed by atoms with Crippen molar-refractivity contribution in [2.45, 2.75) is 6.42 Å². The molecule has 1 heterocycles. The lowest BCUT2D eigenvalue weighted by atomic mass is 10.1. The molecule has 2 aromatic rings. The minimum Gasteiger partial charge on any atom is -0.399 e. The number of aromatic nitrogens is 2. The average molecular weight is 173 g/mol. The maximum atomic E-state index is 5.66. The van der Waals surface area contributed by atoms with E-state index >= 15 is 0 Å². The number of H-pyrrole nitrogens is 1. The Balaban J connectivity index is 2.19. The number of nitrogen functional groups attached to an aromatic ring is 1. The molecular weight excluding hydrogens is 162 g/mol. The van der Waals surface area contributed by atoms with Gasteiger partial charge in [0.15, 0.2) is 0 Å². The van der Waals surface area contributed by atoms with Gasteiger partial charge in [0.2, 0.25) is 0 Å². The summed E-state index contributed by atoms with van der Waals surface area (Å²) in [4.78, 5) is 0. The van der Waals surface area contributed by atoms with E-state index in [-0.39, 0.29) is 0 Å². The molecule has 0 radical (unpaired) electrons. The topological polar surface area (TPSA) is 54.7 Å². The standard InChI is InChI=1S/C10H11N3/c11-9-3-1-2-8(6-9)7-10-4-5-12-13-10/h1-6H,7,11H2,(H,12,13). The van der Waals surface area contributed by atoms with Gasteiger partial charge in [0, 0.05) is 24.0 Å². The van der Waals surface area contributed by atoms with E-state index in [0.717, 1.165) is 17.8 Å². The van der Waals surface area contributed by atoms with Crippen molar-refractivity contribution < 1.29 is 0 Å². The maximum absolute atomic E-state index is 5.66. The summed E-state index contributed by atoms with van der Waals surface area (Å²) in [5.41, 5.74) is 8.77. The molecule has 13 heavy (non-hydrogen) atoms. The summed E-state index contributed by atoms with van der Waals surface area (Å²) in [5.74, 6) is 0. The molecule has 3 N–H and O–H groups in total. The zero-order valence-electron chi connectivity index (χ0n) is 7.20. The number of aromatic amines is 1. The highest BCUT2D eigenvalue weighted by Gasteiger charge is 1.96. The molecule has 0 saturated heterocycles. The van der Waals surface area contributed by atoms with E-state index in [1.165, 1.54) is 5.56 Å². The summed E-state index contributed by atoms with van der Waals surface area (Å²) in [6.45, 7) is 0. The van der Waals surface area contributed by atoms with Crippen molar-refractivity contribution in [1.29, 1.82) is 0 Å². The van der Waals surface area contributed by atoms with E-state index in [0.29, 0.717) is 0 Å². The van der Waals surface area contributed by atoms with E-state index in [4.69, 9.17) is 5.73 Å². The van der Waals surface area contributed by atoms with Crippen molar-refractivity contribution in [3.8, 4) is 0 Å². The van der Waals surface area contributed by atoms with E-state index in [9.17, 15) is 0 Å². The molecule has 0 unspecified atom stereocenters. The summed E-state index contributed by atoms with van der Waals surface area (Å²) in [5, 5.41) is 6.80. The Bertz CT molecular complexity index is 379. The van der Waals surface area contributed by atoms with Gasteiger partial charge in [-0.1, -0.05) is 12.1 Å². The molecule has 0 amide bonds. The van der Waals surface area contributed by atoms with Gasteiger partial charge in [0.05, 0.1) is 0 Å². The van der Waals surface area contributed by atoms with Gasteiger partial charge in [-0.3, -0.25) is 5.10 Å². The summed E-state index contributed by atoms with van der Waals surface area (Å²) >= 11 is 0. The monoisotopic (exact) mass is 173 g/mol. The third kappa shape index (κ3) is 1.87. The first-order valence-electron chi connectivity index (χ1n) is 4.17. The Morgan fingerprint density at radius 1 is 1.31 bits per heavy atom. The smallest absolute Gasteiger partial charge is 0.0490 e. The predicted molar refractivity (Wildman–Crippen MR) is 52.2 cm³/mol. The van der Waals surface area contributed by atoms with Gasteiger partial charge in [-0.05, 0) is 23.8 Å². The molecule has 3 heteroatoms. The molecule has 0 aliphatic heterocycles. The quantitative estimate of drug-likeness (QED) is 0.677. The van der Waals surface area contributed by atoms with Crippen molar-refractivity contribution in [3.63, 3.8) is 0 Å². The first kappa shape index (κ1) is 7.86. The van der Waals surface area contributed by atoms with Crippen molar-refractivity contribution in [2.75, 3.05) is 5.73 Å². The van der Waals surface area contributed by atoms with Gasteiger partial charge in [-0.2, -0.15) is 5.10 Å². The Morgan fingerprint density at radius 2 is 2.23 bits per heavy atom. The van der Waals surface area contributed by atoms with Crippen molar-refractivity contribution in [1.82, 2.24) is 10.2 Å². The highest BCUT2D eigenvalue weighted by atomic mass is 15.1. The van der Waals surface area contributed by atoms with Gasteiger partial charge >= 0.3 is 0 Å². The summed E-state index contributed by atoms with van der Waals surface area (Å²) in [6, 6.07) is 9.83. The zero-order chi connectivity index (χ0) is 9.10. The van der Waals surface area contributed by atoms with Crippen molar-refractivity contribution >= 4 is 5.69 Å². The third-order valence-electron chi connectivity index (χ3n) is 1.90. The predicted octanol–water partition coefficient (Wildman–Crippen LogP) is 1.58. The lowest BCUT2D eigenvalue weighted by Crippen LogP contribution is -1.91. The lowest BCUT2D eigenvalue weighted by molar-refractivity contribution is 0.997. The molecule has 1 aromatic carbocycles. The van der Waals surface area contributed by atoms with Gasteiger partial charge in [0.1, 0.15) is 0 Å². The van der Waals surface area contributed by atoms with Crippen LogP contribution in [0.2, 0.25) is 0 Å². The first-order chi connectivity index (χ1) is 6.34. The van der Waals surface area contributed by atoms with Crippen LogP contribution in [0.15, 0.2) is 36.5 Å². The minimum absolute atomic E-state index is 0.803. The Labute approximate surface area is 76.6 Å². The van der Waals surface area contributed by atoms with E-state index in [2.05, 4.69) is 16.3 Å². The van der Waals surface area contributed by atoms with Crippen LogP contribution in [0.4, 0.5) is 5.69 Å². The second kappa shape index (κ2) is 3.31. The number of anilines is 1. The van der Waals surface area contributed by atoms with Crippen molar-refractivity contribution in [2.24, 2.45) is 0 Å². The molecule has 0 atom stereocenters. The molecule has 0 spiro atoms. The fraction of sp³-hybridized carbons (Fsp3) is 0.100. The number of hydrogen-bond donors (Lipinski definition) is 2. The summed E-state index contributed by atoms with van der Waals surface area (Å²) < 4.78 is 0. The normalized spacial score (nSPS) is 10.2. The number of nitrogens with two attached hydrogens (primary N) is 1. The van der Waals surface area contributed by atoms with Crippen LogP contribution in [0.5, 0.6) is 0 Å². The molecule has 3 nitrogen and oxygen atoms in total. The van der Waals surface area contributed by atoms with Gasteiger partial charge < -0.3 is 5.73 Å². The number of hydrogen-bond acceptors (Lipinski definition) is 2. The van der Waals surface area contributed by atoms with Crippen LogP contribution in [0, 0.1) is 0 Å². The van der Waals surface area contributed by atoms with Gasteiger partial charge in [-0.15, -0.1) is 0 Å². The fourth-order valence-electron chi connectivity index (χ4n) is 1.31. The largest absolute Gasteiger partial charge is 0.399 e. The molecule has 1 aromatic heterocycles. The van der Waals surface area contributed by atoms with Crippen LogP contribution < -0.4 is 5.73 Å². The Kier molecular flexibility index (Phi) is 2.00. The lowest BCUT2D eigenvalue weighted by Gasteiger charge is -1.99. The first-order valence-corrected chi connectivity index (χ1v) is 4.17. The molecule has 0 saturated carbocycles. The SMILES string of the molecule is Nc1cccc(Cc2ccn[nH]2)c1. The van der Waals surface area contributed by atoms with Crippen LogP contribution in [0.1, 0.15) is 11.3 Å². The van der Waals surface area contributed by atoms with Crippen LogP contribution in [0.3, 0.4) is 0 Å². The van der Waals surface area contributed by atoms with Crippen LogP contribution in [-0.4, -0.2) is 10.2 Å². The van der Waals surface area contributed by atoms with Gasteiger partial charge in [0.25, 0.3) is 0 Å². The highest BCUT2D eigenvalue weighted by Crippen LogP contribution is 2.10. The van der Waals surface area contributed by atoms with E-state index < -0.39 is 0 Å². The second-order valence-corrected chi connectivity index (χ2v) is 3.00. The van der Waals surface area contributed by atoms with Gasteiger partial charge in [-0.25, -0.2) is 0 Å².